The van der Waals surface area contributed by atoms with Gasteiger partial charge in [0.15, 0.2) is 0 Å². The number of rotatable bonds is 5. The number of carbonyl (C=O) groups is 1. The molecule has 3 heterocycles. The molecule has 1 saturated heterocycles. The molecule has 0 radical (unpaired) electrons. The molecule has 1 atom stereocenters. The summed E-state index contributed by atoms with van der Waals surface area (Å²) in [5.74, 6) is 0.128. The van der Waals surface area contributed by atoms with Gasteiger partial charge in [-0.2, -0.15) is 11.3 Å². The number of aromatic nitrogens is 1. The molecule has 4 nitrogen and oxygen atoms in total. The van der Waals surface area contributed by atoms with Crippen molar-refractivity contribution in [1.82, 2.24) is 15.2 Å². The van der Waals surface area contributed by atoms with E-state index in [-0.39, 0.29) is 29.1 Å². The summed E-state index contributed by atoms with van der Waals surface area (Å²) in [7, 11) is 0. The summed E-state index contributed by atoms with van der Waals surface area (Å²) < 4.78 is 2.12. The summed E-state index contributed by atoms with van der Waals surface area (Å²) in [6, 6.07) is 6.40. The maximum absolute atomic E-state index is 12.8. The average Bonchev–Trinajstić information content (AvgIpc) is 3.15. The summed E-state index contributed by atoms with van der Waals surface area (Å²) in [6.45, 7) is 8.84. The van der Waals surface area contributed by atoms with Gasteiger partial charge in [0, 0.05) is 29.5 Å². The van der Waals surface area contributed by atoms with Crippen molar-refractivity contribution >= 4 is 17.2 Å². The van der Waals surface area contributed by atoms with Gasteiger partial charge >= 0.3 is 0 Å². The van der Waals surface area contributed by atoms with Crippen molar-refractivity contribution in [1.29, 1.82) is 0 Å². The van der Waals surface area contributed by atoms with Crippen LogP contribution < -0.4 is 10.6 Å². The summed E-state index contributed by atoms with van der Waals surface area (Å²) >= 11 is 1.67. The number of nitrogens with zero attached hydrogens (tertiary/aromatic N) is 1. The molecule has 0 saturated carbocycles. The first kappa shape index (κ1) is 18.2. The lowest BCUT2D eigenvalue weighted by atomic mass is 9.79. The maximum Gasteiger partial charge on any atom is 0.222 e. The van der Waals surface area contributed by atoms with Crippen LogP contribution in [0.25, 0.3) is 0 Å². The van der Waals surface area contributed by atoms with Gasteiger partial charge in [0.2, 0.25) is 5.91 Å². The maximum atomic E-state index is 12.8. The van der Waals surface area contributed by atoms with E-state index >= 15 is 0 Å². The minimum Gasteiger partial charge on any atom is -0.353 e. The first-order chi connectivity index (χ1) is 11.7. The molecule has 0 unspecified atom stereocenters. The number of thiophene rings is 1. The van der Waals surface area contributed by atoms with Gasteiger partial charge in [0.05, 0.1) is 12.5 Å². The molecule has 2 aromatic rings. The van der Waals surface area contributed by atoms with E-state index in [1.54, 1.807) is 11.3 Å². The Morgan fingerprint density at radius 3 is 2.48 bits per heavy atom. The number of hydrogen-bond acceptors (Lipinski definition) is 3. The van der Waals surface area contributed by atoms with E-state index < -0.39 is 0 Å². The Bertz CT molecular complexity index is 638. The van der Waals surface area contributed by atoms with E-state index in [0.717, 1.165) is 12.8 Å². The minimum atomic E-state index is 0.0346. The number of amides is 1. The van der Waals surface area contributed by atoms with Crippen LogP contribution in [0.5, 0.6) is 0 Å². The normalized spacial score (nSPS) is 21.0. The topological polar surface area (TPSA) is 46.1 Å². The Morgan fingerprint density at radius 2 is 1.92 bits per heavy atom. The molecule has 0 aromatic carbocycles. The molecule has 136 valence electrons. The van der Waals surface area contributed by atoms with Crippen molar-refractivity contribution in [2.75, 3.05) is 0 Å². The highest BCUT2D eigenvalue weighted by molar-refractivity contribution is 7.08. The van der Waals surface area contributed by atoms with E-state index in [0.29, 0.717) is 6.42 Å². The van der Waals surface area contributed by atoms with Gasteiger partial charge in [-0.1, -0.05) is 0 Å². The molecule has 0 aliphatic carbocycles. The summed E-state index contributed by atoms with van der Waals surface area (Å²) in [6.07, 6.45) is 6.44. The third kappa shape index (κ3) is 4.73. The van der Waals surface area contributed by atoms with Crippen LogP contribution in [0, 0.1) is 0 Å². The van der Waals surface area contributed by atoms with Crippen LogP contribution in [0.3, 0.4) is 0 Å². The predicted octanol–water partition coefficient (Wildman–Crippen LogP) is 3.95. The van der Waals surface area contributed by atoms with E-state index in [2.05, 4.69) is 59.7 Å². The van der Waals surface area contributed by atoms with Crippen molar-refractivity contribution in [3.8, 4) is 0 Å². The van der Waals surface area contributed by atoms with E-state index in [1.807, 2.05) is 24.5 Å². The third-order valence-electron chi connectivity index (χ3n) is 4.85. The van der Waals surface area contributed by atoms with Crippen LogP contribution in [0.15, 0.2) is 41.4 Å². The van der Waals surface area contributed by atoms with E-state index in [4.69, 9.17) is 0 Å². The summed E-state index contributed by atoms with van der Waals surface area (Å²) in [4.78, 5) is 12.8. The minimum absolute atomic E-state index is 0.0346. The fraction of sp³-hybridized carbons (Fsp3) is 0.550. The Balaban J connectivity index is 1.68. The molecular formula is C20H29N3OS. The highest BCUT2D eigenvalue weighted by atomic mass is 32.1. The molecule has 3 rings (SSSR count). The molecule has 1 aliphatic rings. The second-order valence-corrected chi connectivity index (χ2v) is 9.25. The summed E-state index contributed by atoms with van der Waals surface area (Å²) in [5.41, 5.74) is 1.27. The first-order valence-corrected chi connectivity index (χ1v) is 9.92. The molecule has 2 N–H and O–H groups in total. The monoisotopic (exact) mass is 359 g/mol. The standard InChI is InChI=1S/C20H29N3OS/c1-19(2)12-16(13-20(3,4)22-19)21-18(24)11-17(15-7-10-25-14-15)23-8-5-6-9-23/h5-10,14,16-17,22H,11-13H2,1-4H3,(H,21,24)/t17-/m0/s1. The summed E-state index contributed by atoms with van der Waals surface area (Å²) in [5, 5.41) is 11.2. The van der Waals surface area contributed by atoms with Crippen LogP contribution in [0.1, 0.15) is 58.6 Å². The van der Waals surface area contributed by atoms with Crippen LogP contribution in [0.2, 0.25) is 0 Å². The third-order valence-corrected chi connectivity index (χ3v) is 5.55. The Labute approximate surface area is 154 Å². The van der Waals surface area contributed by atoms with Crippen molar-refractivity contribution < 1.29 is 4.79 Å². The number of hydrogen-bond donors (Lipinski definition) is 2. The Kier molecular flexibility index (Phi) is 5.07. The zero-order valence-corrected chi connectivity index (χ0v) is 16.4. The van der Waals surface area contributed by atoms with Gasteiger partial charge < -0.3 is 15.2 Å². The van der Waals surface area contributed by atoms with Crippen LogP contribution in [-0.2, 0) is 4.79 Å². The molecule has 0 spiro atoms. The van der Waals surface area contributed by atoms with Crippen LogP contribution in [-0.4, -0.2) is 27.6 Å². The van der Waals surface area contributed by atoms with Crippen molar-refractivity contribution in [3.63, 3.8) is 0 Å². The smallest absolute Gasteiger partial charge is 0.222 e. The molecule has 25 heavy (non-hydrogen) atoms. The van der Waals surface area contributed by atoms with Gasteiger partial charge in [0.1, 0.15) is 0 Å². The second-order valence-electron chi connectivity index (χ2n) is 8.47. The Morgan fingerprint density at radius 1 is 1.28 bits per heavy atom. The molecule has 5 heteroatoms. The van der Waals surface area contributed by atoms with E-state index in [9.17, 15) is 4.79 Å². The van der Waals surface area contributed by atoms with Gasteiger partial charge in [-0.15, -0.1) is 0 Å². The Hall–Kier alpha value is -1.59. The number of carbonyl (C=O) groups excluding carboxylic acids is 1. The van der Waals surface area contributed by atoms with Gasteiger partial charge in [-0.3, -0.25) is 4.79 Å². The van der Waals surface area contributed by atoms with Gasteiger partial charge in [-0.25, -0.2) is 0 Å². The predicted molar refractivity (Wildman–Crippen MR) is 104 cm³/mol. The molecule has 1 aliphatic heterocycles. The molecule has 1 amide bonds. The van der Waals surface area contributed by atoms with E-state index in [1.165, 1.54) is 5.56 Å². The number of piperidine rings is 1. The van der Waals surface area contributed by atoms with Crippen molar-refractivity contribution in [2.24, 2.45) is 0 Å². The van der Waals surface area contributed by atoms with Crippen molar-refractivity contribution in [2.45, 2.75) is 70.1 Å². The largest absolute Gasteiger partial charge is 0.353 e. The molecule has 1 fully saturated rings. The van der Waals surface area contributed by atoms with Gasteiger partial charge in [-0.05, 0) is 75.1 Å². The fourth-order valence-corrected chi connectivity index (χ4v) is 5.01. The molecule has 0 bridgehead atoms. The number of nitrogens with one attached hydrogen (secondary N) is 2. The highest BCUT2D eigenvalue weighted by Crippen LogP contribution is 2.29. The second kappa shape index (κ2) is 6.96. The lowest BCUT2D eigenvalue weighted by Gasteiger charge is -2.46. The highest BCUT2D eigenvalue weighted by Gasteiger charge is 2.38. The fourth-order valence-electron chi connectivity index (χ4n) is 4.30. The quantitative estimate of drug-likeness (QED) is 0.849. The first-order valence-electron chi connectivity index (χ1n) is 8.97. The molecular weight excluding hydrogens is 330 g/mol. The van der Waals surface area contributed by atoms with Crippen LogP contribution >= 0.6 is 11.3 Å². The van der Waals surface area contributed by atoms with Crippen LogP contribution in [0.4, 0.5) is 0 Å². The lowest BCUT2D eigenvalue weighted by molar-refractivity contribution is -0.122. The molecule has 2 aromatic heterocycles. The average molecular weight is 360 g/mol. The zero-order chi connectivity index (χ0) is 18.1. The SMILES string of the molecule is CC1(C)CC(NC(=O)C[C@@H](c2ccsc2)n2cccc2)CC(C)(C)N1. The van der Waals surface area contributed by atoms with Crippen molar-refractivity contribution in [3.05, 3.63) is 46.9 Å². The van der Waals surface area contributed by atoms with Gasteiger partial charge in [0.25, 0.3) is 0 Å². The zero-order valence-electron chi connectivity index (χ0n) is 15.6. The lowest BCUT2D eigenvalue weighted by Crippen LogP contribution is -2.62.